The van der Waals surface area contributed by atoms with Gasteiger partial charge in [-0.05, 0) is 44.0 Å². The summed E-state index contributed by atoms with van der Waals surface area (Å²) in [5, 5.41) is 3.58. The molecule has 0 spiro atoms. The number of anilines is 1. The van der Waals surface area contributed by atoms with E-state index in [1.165, 1.54) is 10.4 Å². The van der Waals surface area contributed by atoms with Crippen molar-refractivity contribution in [2.75, 3.05) is 24.2 Å². The summed E-state index contributed by atoms with van der Waals surface area (Å²) >= 11 is 0. The van der Waals surface area contributed by atoms with Gasteiger partial charge in [0.25, 0.3) is 0 Å². The molecule has 1 N–H and O–H groups in total. The summed E-state index contributed by atoms with van der Waals surface area (Å²) in [6.45, 7) is 2.37. The number of sulfonamides is 1. The van der Waals surface area contributed by atoms with Gasteiger partial charge in [-0.25, -0.2) is 17.5 Å². The first-order valence-electron chi connectivity index (χ1n) is 8.21. The standard InChI is InChI=1S/C17H20N2O5S/c1-2-25(22,23)19-9-7-12(8-10-19)17(21)18-14-4-5-15-13(11-14)3-6-16(20)24-15/h3-6,11-12H,2,7-10H2,1H3,(H,18,21). The normalized spacial score (nSPS) is 16.8. The molecule has 134 valence electrons. The summed E-state index contributed by atoms with van der Waals surface area (Å²) in [5.74, 6) is -0.255. The number of rotatable bonds is 4. The summed E-state index contributed by atoms with van der Waals surface area (Å²) in [6, 6.07) is 8.04. The van der Waals surface area contributed by atoms with Crippen LogP contribution in [0.4, 0.5) is 5.69 Å². The van der Waals surface area contributed by atoms with Gasteiger partial charge < -0.3 is 9.73 Å². The lowest BCUT2D eigenvalue weighted by molar-refractivity contribution is -0.120. The molecule has 0 saturated carbocycles. The summed E-state index contributed by atoms with van der Waals surface area (Å²) in [5.41, 5.74) is 0.664. The molecule has 1 amide bonds. The number of hydrogen-bond acceptors (Lipinski definition) is 5. The Balaban J connectivity index is 1.65. The Labute approximate surface area is 145 Å². The zero-order chi connectivity index (χ0) is 18.0. The van der Waals surface area contributed by atoms with E-state index in [1.54, 1.807) is 31.2 Å². The molecular weight excluding hydrogens is 344 g/mol. The van der Waals surface area contributed by atoms with Gasteiger partial charge in [0.05, 0.1) is 5.75 Å². The molecule has 1 fully saturated rings. The lowest BCUT2D eigenvalue weighted by atomic mass is 9.97. The van der Waals surface area contributed by atoms with Crippen LogP contribution in [0, 0.1) is 5.92 Å². The minimum atomic E-state index is -3.19. The molecule has 2 aromatic rings. The van der Waals surface area contributed by atoms with Crippen molar-refractivity contribution in [3.8, 4) is 0 Å². The van der Waals surface area contributed by atoms with Crippen LogP contribution in [0.1, 0.15) is 19.8 Å². The minimum Gasteiger partial charge on any atom is -0.423 e. The number of hydrogen-bond donors (Lipinski definition) is 1. The molecule has 8 heteroatoms. The van der Waals surface area contributed by atoms with Crippen LogP contribution in [0.25, 0.3) is 11.0 Å². The van der Waals surface area contributed by atoms with Crippen molar-refractivity contribution in [1.82, 2.24) is 4.31 Å². The monoisotopic (exact) mass is 364 g/mol. The van der Waals surface area contributed by atoms with Gasteiger partial charge >= 0.3 is 5.63 Å². The largest absolute Gasteiger partial charge is 0.423 e. The van der Waals surface area contributed by atoms with Gasteiger partial charge in [-0.3, -0.25) is 4.79 Å². The van der Waals surface area contributed by atoms with Gasteiger partial charge in [-0.2, -0.15) is 0 Å². The molecule has 25 heavy (non-hydrogen) atoms. The van der Waals surface area contributed by atoms with E-state index in [4.69, 9.17) is 4.42 Å². The number of nitrogens with one attached hydrogen (secondary N) is 1. The topological polar surface area (TPSA) is 96.7 Å². The highest BCUT2D eigenvalue weighted by atomic mass is 32.2. The highest BCUT2D eigenvalue weighted by Gasteiger charge is 2.30. The molecular formula is C17H20N2O5S. The maximum atomic E-state index is 12.4. The van der Waals surface area contributed by atoms with E-state index in [2.05, 4.69) is 5.32 Å². The molecule has 3 rings (SSSR count). The van der Waals surface area contributed by atoms with Crippen molar-refractivity contribution in [1.29, 1.82) is 0 Å². The van der Waals surface area contributed by atoms with Crippen molar-refractivity contribution in [3.63, 3.8) is 0 Å². The third kappa shape index (κ3) is 3.91. The van der Waals surface area contributed by atoms with Gasteiger partial charge in [0.2, 0.25) is 15.9 Å². The zero-order valence-electron chi connectivity index (χ0n) is 13.9. The molecule has 0 atom stereocenters. The van der Waals surface area contributed by atoms with Gasteiger partial charge in [-0.15, -0.1) is 0 Å². The molecule has 7 nitrogen and oxygen atoms in total. The Morgan fingerprint density at radius 3 is 2.64 bits per heavy atom. The van der Waals surface area contributed by atoms with Crippen LogP contribution in [-0.2, 0) is 14.8 Å². The molecule has 1 aliphatic rings. The van der Waals surface area contributed by atoms with E-state index in [-0.39, 0.29) is 17.6 Å². The molecule has 2 heterocycles. The highest BCUT2D eigenvalue weighted by molar-refractivity contribution is 7.89. The fourth-order valence-corrected chi connectivity index (χ4v) is 4.10. The van der Waals surface area contributed by atoms with E-state index < -0.39 is 15.6 Å². The van der Waals surface area contributed by atoms with Gasteiger partial charge in [0.15, 0.2) is 0 Å². The third-order valence-corrected chi connectivity index (χ3v) is 6.35. The maximum absolute atomic E-state index is 12.4. The summed E-state index contributed by atoms with van der Waals surface area (Å²) < 4.78 is 30.2. The predicted octanol–water partition coefficient (Wildman–Crippen LogP) is 1.79. The van der Waals surface area contributed by atoms with E-state index in [1.807, 2.05) is 0 Å². The van der Waals surface area contributed by atoms with Crippen molar-refractivity contribution >= 4 is 32.6 Å². The minimum absolute atomic E-state index is 0.0804. The van der Waals surface area contributed by atoms with E-state index in [0.717, 1.165) is 5.39 Å². The van der Waals surface area contributed by atoms with Gasteiger partial charge in [0.1, 0.15) is 5.58 Å². The molecule has 1 saturated heterocycles. The van der Waals surface area contributed by atoms with Crippen molar-refractivity contribution < 1.29 is 17.6 Å². The number of carbonyl (C=O) groups excluding carboxylic acids is 1. The fraction of sp³-hybridized carbons (Fsp3) is 0.412. The molecule has 0 aliphatic carbocycles. The Bertz CT molecular complexity index is 943. The van der Waals surface area contributed by atoms with Crippen LogP contribution in [0.3, 0.4) is 0 Å². The Kier molecular flexibility index (Phi) is 4.91. The summed E-state index contributed by atoms with van der Waals surface area (Å²) in [4.78, 5) is 23.6. The van der Waals surface area contributed by atoms with Crippen molar-refractivity contribution in [2.45, 2.75) is 19.8 Å². The molecule has 0 unspecified atom stereocenters. The average molecular weight is 364 g/mol. The number of amides is 1. The number of piperidine rings is 1. The zero-order valence-corrected chi connectivity index (χ0v) is 14.7. The lowest BCUT2D eigenvalue weighted by Crippen LogP contribution is -2.42. The lowest BCUT2D eigenvalue weighted by Gasteiger charge is -2.30. The second-order valence-electron chi connectivity index (χ2n) is 6.07. The van der Waals surface area contributed by atoms with Crippen LogP contribution in [-0.4, -0.2) is 37.5 Å². The van der Waals surface area contributed by atoms with Gasteiger partial charge in [0, 0.05) is 36.1 Å². The Morgan fingerprint density at radius 1 is 1.24 bits per heavy atom. The quantitative estimate of drug-likeness (QED) is 0.835. The molecule has 1 aliphatic heterocycles. The van der Waals surface area contributed by atoms with Crippen LogP contribution in [0.2, 0.25) is 0 Å². The number of benzene rings is 1. The van der Waals surface area contributed by atoms with Crippen molar-refractivity contribution in [3.05, 3.63) is 40.8 Å². The second-order valence-corrected chi connectivity index (χ2v) is 8.33. The maximum Gasteiger partial charge on any atom is 0.336 e. The van der Waals surface area contributed by atoms with E-state index >= 15 is 0 Å². The first-order chi connectivity index (χ1) is 11.9. The third-order valence-electron chi connectivity index (χ3n) is 4.47. The number of nitrogens with zero attached hydrogens (tertiary/aromatic N) is 1. The predicted molar refractivity (Wildman–Crippen MR) is 94.9 cm³/mol. The van der Waals surface area contributed by atoms with Crippen LogP contribution in [0.5, 0.6) is 0 Å². The second kappa shape index (κ2) is 6.97. The fourth-order valence-electron chi connectivity index (χ4n) is 2.97. The molecule has 1 aromatic carbocycles. The first-order valence-corrected chi connectivity index (χ1v) is 9.82. The molecule has 0 bridgehead atoms. The van der Waals surface area contributed by atoms with Crippen LogP contribution >= 0.6 is 0 Å². The smallest absolute Gasteiger partial charge is 0.336 e. The van der Waals surface area contributed by atoms with Crippen molar-refractivity contribution in [2.24, 2.45) is 5.92 Å². The first kappa shape index (κ1) is 17.6. The SMILES string of the molecule is CCS(=O)(=O)N1CCC(C(=O)Nc2ccc3oc(=O)ccc3c2)CC1. The highest BCUT2D eigenvalue weighted by Crippen LogP contribution is 2.23. The Hall–Kier alpha value is -2.19. The Morgan fingerprint density at radius 2 is 1.96 bits per heavy atom. The summed E-state index contributed by atoms with van der Waals surface area (Å²) in [7, 11) is -3.19. The number of fused-ring (bicyclic) bond motifs is 1. The van der Waals surface area contributed by atoms with E-state index in [9.17, 15) is 18.0 Å². The van der Waals surface area contributed by atoms with Crippen LogP contribution in [0.15, 0.2) is 39.5 Å². The summed E-state index contributed by atoms with van der Waals surface area (Å²) in [6.07, 6.45) is 1.01. The molecule has 1 aromatic heterocycles. The number of carbonyl (C=O) groups is 1. The molecule has 0 radical (unpaired) electrons. The van der Waals surface area contributed by atoms with E-state index in [0.29, 0.717) is 37.2 Å². The van der Waals surface area contributed by atoms with Gasteiger partial charge in [-0.1, -0.05) is 0 Å². The van der Waals surface area contributed by atoms with Crippen LogP contribution < -0.4 is 10.9 Å². The average Bonchev–Trinajstić information content (AvgIpc) is 2.62.